The molecular formula is C18H31NO5. The molecule has 3 unspecified atom stereocenters. The van der Waals surface area contributed by atoms with Crippen LogP contribution >= 0.6 is 0 Å². The van der Waals surface area contributed by atoms with E-state index in [2.05, 4.69) is 26.1 Å². The molecule has 0 bridgehead atoms. The lowest BCUT2D eigenvalue weighted by Crippen LogP contribution is -2.58. The van der Waals surface area contributed by atoms with Crippen molar-refractivity contribution in [2.45, 2.75) is 64.5 Å². The van der Waals surface area contributed by atoms with Crippen LogP contribution in [0.4, 0.5) is 0 Å². The third-order valence-corrected chi connectivity index (χ3v) is 5.52. The zero-order valence-electron chi connectivity index (χ0n) is 15.0. The Kier molecular flexibility index (Phi) is 6.63. The summed E-state index contributed by atoms with van der Waals surface area (Å²) in [7, 11) is 0. The second-order valence-corrected chi connectivity index (χ2v) is 7.72. The Morgan fingerprint density at radius 2 is 1.96 bits per heavy atom. The number of hydrogen-bond donors (Lipinski definition) is 2. The lowest BCUT2D eigenvalue weighted by atomic mass is 9.75. The van der Waals surface area contributed by atoms with Gasteiger partial charge in [0.15, 0.2) is 0 Å². The van der Waals surface area contributed by atoms with Crippen LogP contribution in [0.25, 0.3) is 0 Å². The maximum atomic E-state index is 12.3. The van der Waals surface area contributed by atoms with Gasteiger partial charge in [0.2, 0.25) is 5.91 Å². The molecule has 6 nitrogen and oxygen atoms in total. The van der Waals surface area contributed by atoms with E-state index in [1.165, 1.54) is 6.42 Å². The number of nitrogens with one attached hydrogen (secondary N) is 1. The number of carboxylic acid groups (broad SMARTS) is 1. The average Bonchev–Trinajstić information content (AvgIpc) is 2.53. The molecule has 0 aromatic heterocycles. The first-order valence-electron chi connectivity index (χ1n) is 9.08. The molecule has 3 atom stereocenters. The van der Waals surface area contributed by atoms with Gasteiger partial charge in [-0.1, -0.05) is 27.2 Å². The van der Waals surface area contributed by atoms with Gasteiger partial charge in [0, 0.05) is 26.1 Å². The largest absolute Gasteiger partial charge is 0.480 e. The van der Waals surface area contributed by atoms with Gasteiger partial charge >= 0.3 is 5.97 Å². The van der Waals surface area contributed by atoms with Crippen molar-refractivity contribution in [1.82, 2.24) is 5.32 Å². The summed E-state index contributed by atoms with van der Waals surface area (Å²) in [4.78, 5) is 23.9. The van der Waals surface area contributed by atoms with E-state index in [1.807, 2.05) is 0 Å². The number of carbonyl (C=O) groups excluding carboxylic acids is 1. The first-order chi connectivity index (χ1) is 11.3. The Balaban J connectivity index is 1.90. The number of aliphatic carboxylic acids is 1. The second kappa shape index (κ2) is 8.30. The Hall–Kier alpha value is -1.14. The van der Waals surface area contributed by atoms with Gasteiger partial charge in [-0.25, -0.2) is 4.79 Å². The molecule has 0 aromatic carbocycles. The van der Waals surface area contributed by atoms with E-state index in [0.29, 0.717) is 43.8 Å². The highest BCUT2D eigenvalue weighted by Gasteiger charge is 2.42. The van der Waals surface area contributed by atoms with E-state index in [4.69, 9.17) is 9.47 Å². The Morgan fingerprint density at radius 3 is 2.54 bits per heavy atom. The van der Waals surface area contributed by atoms with E-state index in [9.17, 15) is 14.7 Å². The molecule has 0 spiro atoms. The number of rotatable bonds is 6. The molecule has 0 aromatic rings. The normalized spacial score (nSPS) is 30.1. The summed E-state index contributed by atoms with van der Waals surface area (Å²) in [6.45, 7) is 7.23. The number of ether oxygens (including phenoxy) is 2. The molecule has 1 aliphatic carbocycles. The van der Waals surface area contributed by atoms with Gasteiger partial charge in [-0.2, -0.15) is 0 Å². The quantitative estimate of drug-likeness (QED) is 0.774. The molecule has 1 amide bonds. The number of amides is 1. The molecule has 2 N–H and O–H groups in total. The van der Waals surface area contributed by atoms with Crippen LogP contribution in [0.3, 0.4) is 0 Å². The highest BCUT2D eigenvalue weighted by atomic mass is 16.5. The first-order valence-corrected chi connectivity index (χ1v) is 9.08. The van der Waals surface area contributed by atoms with Crippen molar-refractivity contribution >= 4 is 11.9 Å². The van der Waals surface area contributed by atoms with Crippen molar-refractivity contribution in [3.05, 3.63) is 0 Å². The van der Waals surface area contributed by atoms with Crippen LogP contribution in [0.2, 0.25) is 0 Å². The van der Waals surface area contributed by atoms with Crippen LogP contribution in [-0.2, 0) is 19.1 Å². The number of carbonyl (C=O) groups is 2. The lowest BCUT2D eigenvalue weighted by molar-refractivity contribution is -0.153. The van der Waals surface area contributed by atoms with E-state index >= 15 is 0 Å². The summed E-state index contributed by atoms with van der Waals surface area (Å²) >= 11 is 0. The highest BCUT2D eigenvalue weighted by Crippen LogP contribution is 2.35. The first kappa shape index (κ1) is 19.2. The minimum absolute atomic E-state index is 0.0729. The maximum Gasteiger partial charge on any atom is 0.329 e. The molecule has 1 saturated heterocycles. The van der Waals surface area contributed by atoms with E-state index in [-0.39, 0.29) is 18.6 Å². The molecule has 0 radical (unpaired) electrons. The van der Waals surface area contributed by atoms with Crippen LogP contribution in [-0.4, -0.2) is 48.4 Å². The van der Waals surface area contributed by atoms with Crippen LogP contribution in [0.15, 0.2) is 0 Å². The topological polar surface area (TPSA) is 84.9 Å². The molecule has 1 saturated carbocycles. The maximum absolute atomic E-state index is 12.3. The predicted octanol–water partition coefficient (Wildman–Crippen LogP) is 2.21. The molecule has 24 heavy (non-hydrogen) atoms. The van der Waals surface area contributed by atoms with Crippen LogP contribution < -0.4 is 5.32 Å². The van der Waals surface area contributed by atoms with Gasteiger partial charge in [-0.15, -0.1) is 0 Å². The standard InChI is InChI=1S/C18H31NO5/c1-12(2)14-5-4-13(3)10-15(14)24-11-16(20)19-18(17(21)22)6-8-23-9-7-18/h12-15H,4-11H2,1-3H3,(H,19,20)(H,21,22). The van der Waals surface area contributed by atoms with Crippen molar-refractivity contribution in [3.8, 4) is 0 Å². The molecule has 6 heteroatoms. The average molecular weight is 341 g/mol. The molecular weight excluding hydrogens is 310 g/mol. The van der Waals surface area contributed by atoms with Crippen molar-refractivity contribution in [2.75, 3.05) is 19.8 Å². The Morgan fingerprint density at radius 1 is 1.29 bits per heavy atom. The smallest absolute Gasteiger partial charge is 0.329 e. The third-order valence-electron chi connectivity index (χ3n) is 5.52. The van der Waals surface area contributed by atoms with Crippen LogP contribution in [0, 0.1) is 17.8 Å². The van der Waals surface area contributed by atoms with Crippen molar-refractivity contribution < 1.29 is 24.2 Å². The van der Waals surface area contributed by atoms with Crippen molar-refractivity contribution in [2.24, 2.45) is 17.8 Å². The SMILES string of the molecule is CC1CCC(C(C)C)C(OCC(=O)NC2(C(=O)O)CCOCC2)C1. The fourth-order valence-electron chi connectivity index (χ4n) is 3.90. The molecule has 1 heterocycles. The zero-order chi connectivity index (χ0) is 17.7. The van der Waals surface area contributed by atoms with Gasteiger partial charge in [0.05, 0.1) is 6.10 Å². The minimum Gasteiger partial charge on any atom is -0.480 e. The van der Waals surface area contributed by atoms with E-state index in [1.54, 1.807) is 0 Å². The Labute approximate surface area is 144 Å². The predicted molar refractivity (Wildman–Crippen MR) is 89.6 cm³/mol. The second-order valence-electron chi connectivity index (χ2n) is 7.72. The number of hydrogen-bond acceptors (Lipinski definition) is 4. The summed E-state index contributed by atoms with van der Waals surface area (Å²) in [5.41, 5.74) is -1.21. The summed E-state index contributed by atoms with van der Waals surface area (Å²) < 4.78 is 11.1. The van der Waals surface area contributed by atoms with E-state index in [0.717, 1.165) is 12.8 Å². The van der Waals surface area contributed by atoms with Crippen molar-refractivity contribution in [1.29, 1.82) is 0 Å². The third kappa shape index (κ3) is 4.70. The van der Waals surface area contributed by atoms with Crippen LogP contribution in [0.5, 0.6) is 0 Å². The van der Waals surface area contributed by atoms with Gasteiger partial charge in [0.1, 0.15) is 12.1 Å². The molecule has 138 valence electrons. The molecule has 1 aliphatic heterocycles. The zero-order valence-corrected chi connectivity index (χ0v) is 15.0. The molecule has 2 fully saturated rings. The minimum atomic E-state index is -1.21. The van der Waals surface area contributed by atoms with Crippen LogP contribution in [0.1, 0.15) is 52.9 Å². The van der Waals surface area contributed by atoms with Gasteiger partial charge < -0.3 is 19.9 Å². The summed E-state index contributed by atoms with van der Waals surface area (Å²) in [6, 6.07) is 0. The van der Waals surface area contributed by atoms with Gasteiger partial charge in [-0.3, -0.25) is 4.79 Å². The monoisotopic (exact) mass is 341 g/mol. The van der Waals surface area contributed by atoms with Gasteiger partial charge in [-0.05, 0) is 30.6 Å². The lowest BCUT2D eigenvalue weighted by Gasteiger charge is -2.37. The summed E-state index contributed by atoms with van der Waals surface area (Å²) in [5, 5.41) is 12.2. The number of carboxylic acids is 1. The van der Waals surface area contributed by atoms with Gasteiger partial charge in [0.25, 0.3) is 0 Å². The summed E-state index contributed by atoms with van der Waals surface area (Å²) in [6.07, 6.45) is 3.97. The van der Waals surface area contributed by atoms with E-state index < -0.39 is 11.5 Å². The molecule has 2 aliphatic rings. The fraction of sp³-hybridized carbons (Fsp3) is 0.889. The van der Waals surface area contributed by atoms with Crippen molar-refractivity contribution in [3.63, 3.8) is 0 Å². The summed E-state index contributed by atoms with van der Waals surface area (Å²) in [5.74, 6) is 0.247. The Bertz CT molecular complexity index is 445. The fourth-order valence-corrected chi connectivity index (χ4v) is 3.90. The highest BCUT2D eigenvalue weighted by molar-refractivity contribution is 5.87. The molecule has 2 rings (SSSR count).